The minimum atomic E-state index is 0.401. The third-order valence-corrected chi connectivity index (χ3v) is 2.12. The van der Waals surface area contributed by atoms with Crippen molar-refractivity contribution in [1.29, 1.82) is 0 Å². The molecular formula is C9H10N4OS. The molecule has 0 radical (unpaired) electrons. The number of hydrogen-bond acceptors (Lipinski definition) is 4. The van der Waals surface area contributed by atoms with Gasteiger partial charge in [0.2, 0.25) is 5.11 Å². The molecule has 2 rings (SSSR count). The van der Waals surface area contributed by atoms with Crippen LogP contribution in [0.1, 0.15) is 0 Å². The van der Waals surface area contributed by atoms with Crippen LogP contribution in [0.2, 0.25) is 0 Å². The van der Waals surface area contributed by atoms with Gasteiger partial charge in [0.25, 0.3) is 0 Å². The van der Waals surface area contributed by atoms with Crippen LogP contribution in [0.4, 0.5) is 0 Å². The number of nitrogens with two attached hydrogens (primary N) is 1. The first-order chi connectivity index (χ1) is 7.27. The summed E-state index contributed by atoms with van der Waals surface area (Å²) in [5, 5.41) is 1.69. The summed E-state index contributed by atoms with van der Waals surface area (Å²) in [5.74, 6) is 6.90. The Bertz CT molecular complexity index is 392. The van der Waals surface area contributed by atoms with Gasteiger partial charge in [0, 0.05) is 0 Å². The van der Waals surface area contributed by atoms with Crippen LogP contribution >= 0.6 is 12.2 Å². The van der Waals surface area contributed by atoms with Gasteiger partial charge in [-0.2, -0.15) is 0 Å². The molecule has 78 valence electrons. The van der Waals surface area contributed by atoms with Gasteiger partial charge in [0.1, 0.15) is 12.0 Å². The first-order valence-corrected chi connectivity index (χ1v) is 4.71. The van der Waals surface area contributed by atoms with E-state index in [4.69, 9.17) is 22.8 Å². The van der Waals surface area contributed by atoms with Gasteiger partial charge in [-0.1, -0.05) is 18.2 Å². The number of rotatable bonds is 2. The monoisotopic (exact) mass is 222 g/mol. The lowest BCUT2D eigenvalue weighted by atomic mass is 10.3. The van der Waals surface area contributed by atoms with Crippen LogP contribution < -0.4 is 21.4 Å². The van der Waals surface area contributed by atoms with Crippen molar-refractivity contribution in [3.05, 3.63) is 42.4 Å². The zero-order valence-corrected chi connectivity index (χ0v) is 8.62. The summed E-state index contributed by atoms with van der Waals surface area (Å²) in [5.41, 5.74) is 5.46. The van der Waals surface area contributed by atoms with E-state index in [1.54, 1.807) is 0 Å². The van der Waals surface area contributed by atoms with Crippen LogP contribution in [-0.2, 0) is 0 Å². The first kappa shape index (κ1) is 9.75. The molecule has 0 atom stereocenters. The fraction of sp³-hybridized carbons (Fsp3) is 0. The maximum absolute atomic E-state index is 5.61. The number of para-hydroxylation sites is 1. The molecule has 1 aliphatic heterocycles. The van der Waals surface area contributed by atoms with Crippen molar-refractivity contribution in [2.45, 2.75) is 0 Å². The highest BCUT2D eigenvalue weighted by Crippen LogP contribution is 2.10. The molecule has 0 saturated carbocycles. The fourth-order valence-corrected chi connectivity index (χ4v) is 1.21. The number of thiocarbonyl (C=S) groups is 1. The Labute approximate surface area is 92.4 Å². The number of benzene rings is 1. The second-order valence-electron chi connectivity index (χ2n) is 2.86. The van der Waals surface area contributed by atoms with Gasteiger partial charge in [0.05, 0.1) is 0 Å². The summed E-state index contributed by atoms with van der Waals surface area (Å²) in [6.07, 6.45) is 1.49. The zero-order valence-electron chi connectivity index (χ0n) is 7.81. The number of hydrogen-bond donors (Lipinski definition) is 3. The molecule has 1 aliphatic rings. The predicted octanol–water partition coefficient (Wildman–Crippen LogP) is 0.433. The van der Waals surface area contributed by atoms with Crippen LogP contribution in [-0.4, -0.2) is 10.1 Å². The van der Waals surface area contributed by atoms with Crippen LogP contribution in [0.25, 0.3) is 0 Å². The highest BCUT2D eigenvalue weighted by atomic mass is 32.1. The van der Waals surface area contributed by atoms with Crippen molar-refractivity contribution in [2.75, 3.05) is 0 Å². The maximum Gasteiger partial charge on any atom is 0.208 e. The number of hydrazine groups is 2. The Kier molecular flexibility index (Phi) is 2.70. The van der Waals surface area contributed by atoms with E-state index >= 15 is 0 Å². The largest absolute Gasteiger partial charge is 0.461 e. The summed E-state index contributed by atoms with van der Waals surface area (Å²) in [6.45, 7) is 0. The zero-order chi connectivity index (χ0) is 10.7. The summed E-state index contributed by atoms with van der Waals surface area (Å²) in [4.78, 5) is 0. The predicted molar refractivity (Wildman–Crippen MR) is 60.0 cm³/mol. The minimum Gasteiger partial charge on any atom is -0.461 e. The van der Waals surface area contributed by atoms with Crippen LogP contribution in [0, 0.1) is 0 Å². The SMILES string of the molecule is NN1C(=S)NNC1=COc1ccccc1. The van der Waals surface area contributed by atoms with E-state index in [2.05, 4.69) is 10.9 Å². The lowest BCUT2D eigenvalue weighted by molar-refractivity contribution is 0.438. The Morgan fingerprint density at radius 3 is 2.60 bits per heavy atom. The quantitative estimate of drug-likeness (QED) is 0.383. The fourth-order valence-electron chi connectivity index (χ4n) is 1.06. The van der Waals surface area contributed by atoms with Crippen molar-refractivity contribution >= 4 is 17.3 Å². The Hall–Kier alpha value is -1.79. The van der Waals surface area contributed by atoms with E-state index in [0.717, 1.165) is 5.75 Å². The van der Waals surface area contributed by atoms with Crippen molar-refractivity contribution in [2.24, 2.45) is 5.84 Å². The van der Waals surface area contributed by atoms with Crippen molar-refractivity contribution in [3.63, 3.8) is 0 Å². The van der Waals surface area contributed by atoms with Crippen LogP contribution in [0.5, 0.6) is 5.75 Å². The van der Waals surface area contributed by atoms with E-state index in [1.165, 1.54) is 11.3 Å². The third-order valence-electron chi connectivity index (χ3n) is 1.83. The molecule has 5 nitrogen and oxygen atoms in total. The molecule has 1 aromatic carbocycles. The molecule has 1 fully saturated rings. The summed E-state index contributed by atoms with van der Waals surface area (Å²) in [7, 11) is 0. The molecule has 1 saturated heterocycles. The molecule has 0 aromatic heterocycles. The van der Waals surface area contributed by atoms with E-state index in [-0.39, 0.29) is 0 Å². The number of nitrogens with zero attached hydrogens (tertiary/aromatic N) is 1. The molecule has 6 heteroatoms. The Balaban J connectivity index is 2.04. The van der Waals surface area contributed by atoms with Gasteiger partial charge in [-0.05, 0) is 24.4 Å². The van der Waals surface area contributed by atoms with Crippen molar-refractivity contribution in [3.8, 4) is 5.75 Å². The second-order valence-corrected chi connectivity index (χ2v) is 3.25. The molecule has 1 aromatic rings. The normalized spacial score (nSPS) is 17.5. The molecule has 1 heterocycles. The maximum atomic E-state index is 5.61. The first-order valence-electron chi connectivity index (χ1n) is 4.30. The topological polar surface area (TPSA) is 62.5 Å². The van der Waals surface area contributed by atoms with Crippen molar-refractivity contribution in [1.82, 2.24) is 15.9 Å². The standard InChI is InChI=1S/C9H10N4OS/c10-13-8(11-12-9(13)15)6-14-7-4-2-1-3-5-7/h1-6,11H,10H2,(H,12,15). The van der Waals surface area contributed by atoms with Gasteiger partial charge in [-0.15, -0.1) is 0 Å². The van der Waals surface area contributed by atoms with Crippen molar-refractivity contribution < 1.29 is 4.74 Å². The second kappa shape index (κ2) is 4.16. The molecule has 0 bridgehead atoms. The molecule has 0 amide bonds. The summed E-state index contributed by atoms with van der Waals surface area (Å²) in [6, 6.07) is 9.38. The van der Waals surface area contributed by atoms with Gasteiger partial charge < -0.3 is 4.74 Å². The van der Waals surface area contributed by atoms with E-state index in [1.807, 2.05) is 30.3 Å². The van der Waals surface area contributed by atoms with E-state index < -0.39 is 0 Å². The highest BCUT2D eigenvalue weighted by Gasteiger charge is 2.18. The van der Waals surface area contributed by atoms with E-state index in [0.29, 0.717) is 10.9 Å². The number of ether oxygens (including phenoxy) is 1. The van der Waals surface area contributed by atoms with Gasteiger partial charge in [-0.25, -0.2) is 10.9 Å². The minimum absolute atomic E-state index is 0.401. The summed E-state index contributed by atoms with van der Waals surface area (Å²) < 4.78 is 5.36. The lowest BCUT2D eigenvalue weighted by Gasteiger charge is -2.08. The van der Waals surface area contributed by atoms with Gasteiger partial charge in [-0.3, -0.25) is 10.9 Å². The molecule has 0 spiro atoms. The van der Waals surface area contributed by atoms with Crippen LogP contribution in [0.3, 0.4) is 0 Å². The molecule has 0 unspecified atom stereocenters. The highest BCUT2D eigenvalue weighted by molar-refractivity contribution is 7.80. The number of nitrogens with one attached hydrogen (secondary N) is 2. The Morgan fingerprint density at radius 1 is 1.27 bits per heavy atom. The molecule has 15 heavy (non-hydrogen) atoms. The average molecular weight is 222 g/mol. The molecule has 4 N–H and O–H groups in total. The van der Waals surface area contributed by atoms with E-state index in [9.17, 15) is 0 Å². The summed E-state index contributed by atoms with van der Waals surface area (Å²) >= 11 is 4.88. The average Bonchev–Trinajstić information content (AvgIpc) is 2.59. The third kappa shape index (κ3) is 2.17. The smallest absolute Gasteiger partial charge is 0.208 e. The van der Waals surface area contributed by atoms with Gasteiger partial charge >= 0.3 is 0 Å². The lowest BCUT2D eigenvalue weighted by Crippen LogP contribution is -2.33. The van der Waals surface area contributed by atoms with Gasteiger partial charge in [0.15, 0.2) is 5.82 Å². The molecule has 0 aliphatic carbocycles. The Morgan fingerprint density at radius 2 is 2.00 bits per heavy atom. The van der Waals surface area contributed by atoms with Crippen LogP contribution in [0.15, 0.2) is 42.4 Å². The molecular weight excluding hydrogens is 212 g/mol.